The molecule has 2 amide bonds. The first kappa shape index (κ1) is 16.9. The van der Waals surface area contributed by atoms with Crippen molar-refractivity contribution in [1.29, 1.82) is 0 Å². The highest BCUT2D eigenvalue weighted by Crippen LogP contribution is 2.28. The number of benzene rings is 1. The van der Waals surface area contributed by atoms with Gasteiger partial charge in [-0.05, 0) is 24.3 Å². The Labute approximate surface area is 133 Å². The number of nitrogens with one attached hydrogen (secondary N) is 1. The Morgan fingerprint density at radius 3 is 2.39 bits per heavy atom. The monoisotopic (exact) mass is 340 g/mol. The van der Waals surface area contributed by atoms with Crippen LogP contribution in [0.15, 0.2) is 24.3 Å². The third-order valence-corrected chi connectivity index (χ3v) is 5.21. The smallest absolute Gasteiger partial charge is 0.325 e. The second-order valence-electron chi connectivity index (χ2n) is 5.09. The molecule has 1 fully saturated rings. The Hall–Kier alpha value is -2.42. The van der Waals surface area contributed by atoms with E-state index in [2.05, 4.69) is 10.1 Å². The molecule has 1 saturated heterocycles. The summed E-state index contributed by atoms with van der Waals surface area (Å²) in [6.07, 6.45) is 0. The first-order valence-corrected chi connectivity index (χ1v) is 8.39. The number of anilines is 1. The highest BCUT2D eigenvalue weighted by molar-refractivity contribution is 7.94. The van der Waals surface area contributed by atoms with E-state index in [9.17, 15) is 22.8 Å². The number of rotatable bonds is 4. The van der Waals surface area contributed by atoms with Crippen molar-refractivity contribution in [2.45, 2.75) is 6.92 Å². The van der Waals surface area contributed by atoms with Crippen LogP contribution in [0.2, 0.25) is 0 Å². The quantitative estimate of drug-likeness (QED) is 0.767. The van der Waals surface area contributed by atoms with E-state index >= 15 is 0 Å². The Morgan fingerprint density at radius 2 is 1.91 bits per heavy atom. The Morgan fingerprint density at radius 1 is 1.30 bits per heavy atom. The van der Waals surface area contributed by atoms with E-state index in [4.69, 9.17) is 0 Å². The first-order valence-electron chi connectivity index (χ1n) is 6.78. The van der Waals surface area contributed by atoms with Gasteiger partial charge in [-0.15, -0.1) is 0 Å². The number of sulfonamides is 1. The minimum atomic E-state index is -3.67. The van der Waals surface area contributed by atoms with Crippen molar-refractivity contribution in [3.63, 3.8) is 0 Å². The van der Waals surface area contributed by atoms with E-state index in [0.717, 1.165) is 4.31 Å². The van der Waals surface area contributed by atoms with Crippen LogP contribution in [0.25, 0.3) is 0 Å². The van der Waals surface area contributed by atoms with Crippen LogP contribution in [0.5, 0.6) is 0 Å². The molecule has 8 nitrogen and oxygen atoms in total. The second-order valence-corrected chi connectivity index (χ2v) is 6.95. The van der Waals surface area contributed by atoms with Crippen molar-refractivity contribution in [2.75, 3.05) is 23.7 Å². The van der Waals surface area contributed by atoms with Crippen LogP contribution in [0.4, 0.5) is 5.69 Å². The summed E-state index contributed by atoms with van der Waals surface area (Å²) in [5.41, 5.74) is 0.415. The topological polar surface area (TPSA) is 110 Å². The highest BCUT2D eigenvalue weighted by Gasteiger charge is 2.41. The van der Waals surface area contributed by atoms with Gasteiger partial charge in [0.15, 0.2) is 0 Å². The summed E-state index contributed by atoms with van der Waals surface area (Å²) in [7, 11) is -2.47. The average Bonchev–Trinajstić information content (AvgIpc) is 2.72. The molecule has 0 aliphatic carbocycles. The fraction of sp³-hybridized carbons (Fsp3) is 0.357. The van der Waals surface area contributed by atoms with Gasteiger partial charge in [-0.1, -0.05) is 6.92 Å². The summed E-state index contributed by atoms with van der Waals surface area (Å²) in [6, 6.07) is 5.52. The zero-order valence-corrected chi connectivity index (χ0v) is 13.4. The molecule has 1 aromatic rings. The van der Waals surface area contributed by atoms with Crippen molar-refractivity contribution >= 4 is 33.5 Å². The van der Waals surface area contributed by atoms with Gasteiger partial charge in [-0.3, -0.25) is 14.4 Å². The number of hydrogen-bond donors (Lipinski definition) is 1. The molecule has 0 unspecified atom stereocenters. The number of amides is 2. The molecule has 1 aliphatic heterocycles. The number of nitrogens with zero attached hydrogens (tertiary/aromatic N) is 1. The van der Waals surface area contributed by atoms with Crippen molar-refractivity contribution in [3.8, 4) is 0 Å². The molecule has 2 rings (SSSR count). The van der Waals surface area contributed by atoms with Gasteiger partial charge in [0.1, 0.15) is 6.54 Å². The summed E-state index contributed by atoms with van der Waals surface area (Å²) < 4.78 is 29.1. The van der Waals surface area contributed by atoms with Gasteiger partial charge in [0.2, 0.25) is 15.9 Å². The maximum Gasteiger partial charge on any atom is 0.325 e. The van der Waals surface area contributed by atoms with Crippen molar-refractivity contribution in [1.82, 2.24) is 5.32 Å². The van der Waals surface area contributed by atoms with Gasteiger partial charge in [-0.2, -0.15) is 0 Å². The number of carbonyl (C=O) groups is 3. The molecule has 124 valence electrons. The van der Waals surface area contributed by atoms with E-state index in [-0.39, 0.29) is 23.5 Å². The van der Waals surface area contributed by atoms with Gasteiger partial charge in [-0.25, -0.2) is 12.7 Å². The maximum absolute atomic E-state index is 12.0. The average molecular weight is 340 g/mol. The molecule has 9 heteroatoms. The number of carbonyl (C=O) groups excluding carboxylic acids is 3. The van der Waals surface area contributed by atoms with Gasteiger partial charge in [0.05, 0.1) is 24.5 Å². The molecule has 23 heavy (non-hydrogen) atoms. The molecule has 1 aromatic carbocycles. The van der Waals surface area contributed by atoms with Crippen LogP contribution in [0, 0.1) is 5.92 Å². The molecular weight excluding hydrogens is 324 g/mol. The van der Waals surface area contributed by atoms with Gasteiger partial charge < -0.3 is 10.1 Å². The maximum atomic E-state index is 12.0. The van der Waals surface area contributed by atoms with Gasteiger partial charge in [0.25, 0.3) is 5.91 Å². The second kappa shape index (κ2) is 6.37. The third kappa shape index (κ3) is 3.50. The van der Waals surface area contributed by atoms with Crippen LogP contribution in [0.1, 0.15) is 17.3 Å². The fourth-order valence-electron chi connectivity index (χ4n) is 2.16. The lowest BCUT2D eigenvalue weighted by Gasteiger charge is -2.15. The SMILES string of the molecule is COC(=O)CNC(=O)c1ccc(N2C(=O)[C@H](C)CS2(=O)=O)cc1. The molecule has 0 radical (unpaired) electrons. The summed E-state index contributed by atoms with van der Waals surface area (Å²) in [6.45, 7) is 1.28. The summed E-state index contributed by atoms with van der Waals surface area (Å²) >= 11 is 0. The summed E-state index contributed by atoms with van der Waals surface area (Å²) in [4.78, 5) is 34.8. The molecule has 0 spiro atoms. The van der Waals surface area contributed by atoms with E-state index in [1.54, 1.807) is 6.92 Å². The standard InChI is InChI=1S/C14H16N2O6S/c1-9-8-23(20,21)16(14(9)19)11-5-3-10(4-6-11)13(18)15-7-12(17)22-2/h3-6,9H,7-8H2,1-2H3,(H,15,18)/t9-/m1/s1. The summed E-state index contributed by atoms with van der Waals surface area (Å²) in [5, 5.41) is 2.36. The number of esters is 1. The molecular formula is C14H16N2O6S. The largest absolute Gasteiger partial charge is 0.468 e. The Balaban J connectivity index is 2.15. The van der Waals surface area contributed by atoms with Crippen LogP contribution in [-0.2, 0) is 24.3 Å². The van der Waals surface area contributed by atoms with Crippen molar-refractivity contribution in [3.05, 3.63) is 29.8 Å². The van der Waals surface area contributed by atoms with E-state index in [1.165, 1.54) is 31.4 Å². The normalized spacial score (nSPS) is 19.5. The van der Waals surface area contributed by atoms with Crippen LogP contribution in [-0.4, -0.2) is 45.6 Å². The molecule has 1 atom stereocenters. The number of ether oxygens (including phenoxy) is 1. The minimum absolute atomic E-state index is 0.184. The predicted molar refractivity (Wildman–Crippen MR) is 81.2 cm³/mol. The van der Waals surface area contributed by atoms with E-state index in [0.29, 0.717) is 0 Å². The van der Waals surface area contributed by atoms with Crippen molar-refractivity contribution in [2.24, 2.45) is 5.92 Å². The highest BCUT2D eigenvalue weighted by atomic mass is 32.2. The molecule has 1 heterocycles. The minimum Gasteiger partial charge on any atom is -0.468 e. The zero-order chi connectivity index (χ0) is 17.2. The molecule has 0 bridgehead atoms. The number of methoxy groups -OCH3 is 1. The lowest BCUT2D eigenvalue weighted by Crippen LogP contribution is -2.31. The van der Waals surface area contributed by atoms with Gasteiger partial charge in [0, 0.05) is 5.56 Å². The number of hydrogen-bond acceptors (Lipinski definition) is 6. The third-order valence-electron chi connectivity index (χ3n) is 3.35. The van der Waals surface area contributed by atoms with Crippen LogP contribution < -0.4 is 9.62 Å². The summed E-state index contributed by atoms with van der Waals surface area (Å²) in [5.74, 6) is -2.41. The zero-order valence-electron chi connectivity index (χ0n) is 12.6. The van der Waals surface area contributed by atoms with Crippen LogP contribution >= 0.6 is 0 Å². The molecule has 0 saturated carbocycles. The van der Waals surface area contributed by atoms with Crippen molar-refractivity contribution < 1.29 is 27.5 Å². The fourth-order valence-corrected chi connectivity index (χ4v) is 3.98. The Bertz CT molecular complexity index is 741. The molecule has 0 aromatic heterocycles. The molecule has 1 N–H and O–H groups in total. The predicted octanol–water partition coefficient (Wildman–Crippen LogP) is -0.0981. The van der Waals surface area contributed by atoms with Gasteiger partial charge >= 0.3 is 5.97 Å². The van der Waals surface area contributed by atoms with Crippen LogP contribution in [0.3, 0.4) is 0 Å². The first-order chi connectivity index (χ1) is 10.8. The lowest BCUT2D eigenvalue weighted by atomic mass is 10.1. The Kier molecular flexibility index (Phi) is 4.69. The van der Waals surface area contributed by atoms with E-state index < -0.39 is 33.7 Å². The van der Waals surface area contributed by atoms with E-state index in [1.807, 2.05) is 0 Å². The lowest BCUT2D eigenvalue weighted by molar-refractivity contribution is -0.139. The molecule has 1 aliphatic rings.